The Balaban J connectivity index is 1.56. The molecule has 2 amide bonds. The van der Waals surface area contributed by atoms with Crippen molar-refractivity contribution in [3.63, 3.8) is 0 Å². The molecule has 0 saturated carbocycles. The minimum Gasteiger partial charge on any atom is -0.494 e. The third-order valence-corrected chi connectivity index (χ3v) is 5.92. The van der Waals surface area contributed by atoms with E-state index in [2.05, 4.69) is 10.3 Å². The molecule has 1 N–H and O–H groups in total. The highest BCUT2D eigenvalue weighted by Gasteiger charge is 2.44. The van der Waals surface area contributed by atoms with Gasteiger partial charge in [0.05, 0.1) is 31.0 Å². The maximum atomic E-state index is 13.5. The lowest BCUT2D eigenvalue weighted by atomic mass is 10.1. The van der Waals surface area contributed by atoms with Gasteiger partial charge >= 0.3 is 0 Å². The number of carbonyl (C=O) groups excluding carboxylic acids is 2. The number of halogens is 1. The number of amides is 2. The normalized spacial score (nSPS) is 15.5. The zero-order valence-corrected chi connectivity index (χ0v) is 20.1. The van der Waals surface area contributed by atoms with Gasteiger partial charge in [0.1, 0.15) is 11.8 Å². The summed E-state index contributed by atoms with van der Waals surface area (Å²) < 4.78 is 5.43. The van der Waals surface area contributed by atoms with Gasteiger partial charge in [-0.3, -0.25) is 19.5 Å². The van der Waals surface area contributed by atoms with Gasteiger partial charge in [0.25, 0.3) is 5.91 Å². The van der Waals surface area contributed by atoms with Gasteiger partial charge < -0.3 is 15.0 Å². The van der Waals surface area contributed by atoms with Crippen LogP contribution in [0, 0.1) is 0 Å². The number of nitrogens with one attached hydrogen (secondary N) is 1. The number of carbonyl (C=O) groups is 2. The maximum Gasteiger partial charge on any atom is 0.256 e. The average molecular weight is 495 g/mol. The number of nitrogens with zero attached hydrogens (tertiary/aromatic N) is 3. The molecule has 1 saturated heterocycles. The van der Waals surface area contributed by atoms with Crippen LogP contribution < -0.4 is 15.0 Å². The fourth-order valence-electron chi connectivity index (χ4n) is 3.72. The van der Waals surface area contributed by atoms with Crippen molar-refractivity contribution in [1.82, 2.24) is 9.88 Å². The van der Waals surface area contributed by atoms with Crippen LogP contribution in [0.15, 0.2) is 72.9 Å². The maximum absolute atomic E-state index is 13.5. The van der Waals surface area contributed by atoms with Crippen molar-refractivity contribution < 1.29 is 14.3 Å². The van der Waals surface area contributed by atoms with Crippen LogP contribution in [0.25, 0.3) is 0 Å². The molecule has 1 aliphatic rings. The van der Waals surface area contributed by atoms with Gasteiger partial charge in [0.2, 0.25) is 5.91 Å². The van der Waals surface area contributed by atoms with E-state index in [1.165, 1.54) is 4.90 Å². The Labute approximate surface area is 208 Å². The van der Waals surface area contributed by atoms with Gasteiger partial charge in [-0.1, -0.05) is 23.7 Å². The molecule has 7 nitrogen and oxygen atoms in total. The lowest BCUT2D eigenvalue weighted by Crippen LogP contribution is -2.37. The van der Waals surface area contributed by atoms with Crippen molar-refractivity contribution in [2.24, 2.45) is 0 Å². The van der Waals surface area contributed by atoms with E-state index >= 15 is 0 Å². The Morgan fingerprint density at radius 1 is 1.15 bits per heavy atom. The van der Waals surface area contributed by atoms with Gasteiger partial charge in [-0.05, 0) is 73.7 Å². The molecule has 0 radical (unpaired) electrons. The first-order valence-corrected chi connectivity index (χ1v) is 11.6. The Bertz CT molecular complexity index is 1190. The third kappa shape index (κ3) is 5.35. The van der Waals surface area contributed by atoms with Crippen LogP contribution in [-0.2, 0) is 16.1 Å². The van der Waals surface area contributed by atoms with Crippen molar-refractivity contribution in [3.8, 4) is 5.75 Å². The predicted octanol–water partition coefficient (Wildman–Crippen LogP) is 4.66. The molecular formula is C25H23ClN4O3S. The second-order valence-electron chi connectivity index (χ2n) is 7.61. The average Bonchev–Trinajstić information content (AvgIpc) is 3.05. The summed E-state index contributed by atoms with van der Waals surface area (Å²) >= 11 is 11.8. The van der Waals surface area contributed by atoms with Crippen molar-refractivity contribution in [2.45, 2.75) is 25.9 Å². The van der Waals surface area contributed by atoms with Crippen LogP contribution in [-0.4, -0.2) is 39.5 Å². The quantitative estimate of drug-likeness (QED) is 0.459. The number of rotatable bonds is 8. The monoisotopic (exact) mass is 494 g/mol. The van der Waals surface area contributed by atoms with Crippen molar-refractivity contribution in [3.05, 3.63) is 83.6 Å². The van der Waals surface area contributed by atoms with E-state index in [4.69, 9.17) is 28.6 Å². The van der Waals surface area contributed by atoms with E-state index in [-0.39, 0.29) is 18.2 Å². The van der Waals surface area contributed by atoms with Crippen LogP contribution in [0.2, 0.25) is 5.02 Å². The van der Waals surface area contributed by atoms with Gasteiger partial charge in [0, 0.05) is 16.9 Å². The summed E-state index contributed by atoms with van der Waals surface area (Å²) in [4.78, 5) is 33.9. The fraction of sp³-hybridized carbons (Fsp3) is 0.200. The van der Waals surface area contributed by atoms with Gasteiger partial charge in [0.15, 0.2) is 5.11 Å². The predicted molar refractivity (Wildman–Crippen MR) is 136 cm³/mol. The summed E-state index contributed by atoms with van der Waals surface area (Å²) in [6, 6.07) is 18.7. The Hall–Kier alpha value is -3.49. The number of aromatic nitrogens is 1. The second-order valence-corrected chi connectivity index (χ2v) is 8.41. The number of pyridine rings is 1. The third-order valence-electron chi connectivity index (χ3n) is 5.27. The molecule has 0 bridgehead atoms. The number of hydrogen-bond acceptors (Lipinski definition) is 5. The van der Waals surface area contributed by atoms with E-state index in [9.17, 15) is 9.59 Å². The Morgan fingerprint density at radius 3 is 2.62 bits per heavy atom. The topological polar surface area (TPSA) is 74.8 Å². The van der Waals surface area contributed by atoms with Crippen molar-refractivity contribution >= 4 is 52.1 Å². The lowest BCUT2D eigenvalue weighted by Gasteiger charge is -2.23. The summed E-state index contributed by atoms with van der Waals surface area (Å²) in [7, 11) is 0. The van der Waals surface area contributed by atoms with E-state index in [1.807, 2.05) is 25.1 Å². The fourth-order valence-corrected chi connectivity index (χ4v) is 4.29. The molecular weight excluding hydrogens is 472 g/mol. The van der Waals surface area contributed by atoms with Gasteiger partial charge in [-0.25, -0.2) is 0 Å². The van der Waals surface area contributed by atoms with E-state index in [1.54, 1.807) is 59.6 Å². The van der Waals surface area contributed by atoms with Gasteiger partial charge in [-0.15, -0.1) is 0 Å². The summed E-state index contributed by atoms with van der Waals surface area (Å²) in [6.45, 7) is 2.76. The van der Waals surface area contributed by atoms with Crippen LogP contribution >= 0.6 is 23.8 Å². The molecule has 0 aliphatic carbocycles. The minimum absolute atomic E-state index is 0.0733. The minimum atomic E-state index is -0.781. The first-order chi connectivity index (χ1) is 16.5. The van der Waals surface area contributed by atoms with E-state index in [0.29, 0.717) is 34.7 Å². The first-order valence-electron chi connectivity index (χ1n) is 10.8. The van der Waals surface area contributed by atoms with E-state index < -0.39 is 6.04 Å². The largest absolute Gasteiger partial charge is 0.494 e. The summed E-state index contributed by atoms with van der Waals surface area (Å²) in [6.07, 6.45) is 1.61. The highest BCUT2D eigenvalue weighted by atomic mass is 35.5. The lowest BCUT2D eigenvalue weighted by molar-refractivity contribution is -0.124. The molecule has 1 unspecified atom stereocenters. The SMILES string of the molecule is CCOc1ccc(NC(=O)CC2C(=O)N(c3cccc(Cl)c3)C(=S)N2Cc2ccccn2)cc1. The second kappa shape index (κ2) is 10.6. The standard InChI is InChI=1S/C25H23ClN4O3S/c1-2-33-21-11-9-18(10-12-21)28-23(31)15-22-24(32)30(20-8-5-6-17(26)14-20)25(34)29(22)16-19-7-3-4-13-27-19/h3-14,22H,2,15-16H2,1H3,(H,28,31). The van der Waals surface area contributed by atoms with Crippen molar-refractivity contribution in [1.29, 1.82) is 0 Å². The van der Waals surface area contributed by atoms with E-state index in [0.717, 1.165) is 11.4 Å². The highest BCUT2D eigenvalue weighted by molar-refractivity contribution is 7.80. The molecule has 1 aliphatic heterocycles. The molecule has 2 aromatic carbocycles. The zero-order chi connectivity index (χ0) is 24.1. The number of ether oxygens (including phenoxy) is 1. The zero-order valence-electron chi connectivity index (χ0n) is 18.5. The molecule has 2 heterocycles. The molecule has 1 aromatic heterocycles. The number of hydrogen-bond donors (Lipinski definition) is 1. The molecule has 4 rings (SSSR count). The summed E-state index contributed by atoms with van der Waals surface area (Å²) in [5.74, 6) is 0.129. The Kier molecular flexibility index (Phi) is 7.40. The molecule has 34 heavy (non-hydrogen) atoms. The first kappa shape index (κ1) is 23.7. The van der Waals surface area contributed by atoms with Crippen LogP contribution in [0.1, 0.15) is 19.0 Å². The Morgan fingerprint density at radius 2 is 1.94 bits per heavy atom. The molecule has 1 fully saturated rings. The smallest absolute Gasteiger partial charge is 0.256 e. The molecule has 0 spiro atoms. The molecule has 9 heteroatoms. The van der Waals surface area contributed by atoms with Crippen LogP contribution in [0.4, 0.5) is 11.4 Å². The van der Waals surface area contributed by atoms with Crippen LogP contribution in [0.3, 0.4) is 0 Å². The molecule has 1 atom stereocenters. The molecule has 3 aromatic rings. The highest BCUT2D eigenvalue weighted by Crippen LogP contribution is 2.30. The number of benzene rings is 2. The molecule has 174 valence electrons. The van der Waals surface area contributed by atoms with Crippen molar-refractivity contribution in [2.75, 3.05) is 16.8 Å². The summed E-state index contributed by atoms with van der Waals surface area (Å²) in [5, 5.41) is 3.64. The summed E-state index contributed by atoms with van der Waals surface area (Å²) in [5.41, 5.74) is 1.91. The number of anilines is 2. The van der Waals surface area contributed by atoms with Crippen LogP contribution in [0.5, 0.6) is 5.75 Å². The van der Waals surface area contributed by atoms with Gasteiger partial charge in [-0.2, -0.15) is 0 Å². The number of thiocarbonyl (C=S) groups is 1.